The highest BCUT2D eigenvalue weighted by Gasteiger charge is 2.10. The molecule has 2 aliphatic heterocycles. The highest BCUT2D eigenvalue weighted by molar-refractivity contribution is 5.58. The van der Waals surface area contributed by atoms with E-state index in [4.69, 9.17) is 4.42 Å². The van der Waals surface area contributed by atoms with Crippen molar-refractivity contribution in [3.63, 3.8) is 0 Å². The van der Waals surface area contributed by atoms with E-state index >= 15 is 0 Å². The Morgan fingerprint density at radius 3 is 2.67 bits per heavy atom. The van der Waals surface area contributed by atoms with Crippen LogP contribution >= 0.6 is 0 Å². The summed E-state index contributed by atoms with van der Waals surface area (Å²) in [6.45, 7) is 0. The monoisotopic (exact) mass is 197 g/mol. The topological polar surface area (TPSA) is 51.8 Å². The van der Waals surface area contributed by atoms with Crippen molar-refractivity contribution in [1.29, 1.82) is 0 Å². The molecule has 0 bridgehead atoms. The summed E-state index contributed by atoms with van der Waals surface area (Å²) in [5.41, 5.74) is 0.994. The lowest BCUT2D eigenvalue weighted by atomic mass is 10.2. The Balaban J connectivity index is 2.17. The number of aromatic nitrogens is 3. The second-order valence-electron chi connectivity index (χ2n) is 3.12. The van der Waals surface area contributed by atoms with Crippen molar-refractivity contribution in [3.8, 4) is 22.9 Å². The molecular formula is C11H7N3O. The maximum Gasteiger partial charge on any atom is 0.219 e. The first kappa shape index (κ1) is 8.11. The van der Waals surface area contributed by atoms with Crippen LogP contribution in [0.5, 0.6) is 0 Å². The van der Waals surface area contributed by atoms with Crippen molar-refractivity contribution in [2.24, 2.45) is 0 Å². The van der Waals surface area contributed by atoms with Crippen LogP contribution in [0.4, 0.5) is 0 Å². The van der Waals surface area contributed by atoms with Crippen LogP contribution in [-0.4, -0.2) is 15.2 Å². The van der Waals surface area contributed by atoms with Crippen LogP contribution in [0.2, 0.25) is 0 Å². The SMILES string of the molecule is c1ccc(-c2cnc3nncc-3o2)cc1. The molecule has 0 fully saturated rings. The minimum atomic E-state index is 0.537. The molecule has 0 saturated carbocycles. The van der Waals surface area contributed by atoms with E-state index in [0.29, 0.717) is 11.6 Å². The lowest BCUT2D eigenvalue weighted by Crippen LogP contribution is -1.85. The molecule has 0 radical (unpaired) electrons. The summed E-state index contributed by atoms with van der Waals surface area (Å²) in [7, 11) is 0. The summed E-state index contributed by atoms with van der Waals surface area (Å²) in [4.78, 5) is 4.15. The van der Waals surface area contributed by atoms with E-state index in [2.05, 4.69) is 15.2 Å². The Labute approximate surface area is 85.9 Å². The molecule has 1 aromatic carbocycles. The molecule has 4 nitrogen and oxygen atoms in total. The lowest BCUT2D eigenvalue weighted by molar-refractivity contribution is 0.573. The van der Waals surface area contributed by atoms with Gasteiger partial charge in [-0.2, -0.15) is 5.10 Å². The summed E-state index contributed by atoms with van der Waals surface area (Å²) < 4.78 is 5.60. The fourth-order valence-corrected chi connectivity index (χ4v) is 1.40. The zero-order chi connectivity index (χ0) is 10.1. The predicted octanol–water partition coefficient (Wildman–Crippen LogP) is 2.24. The van der Waals surface area contributed by atoms with E-state index in [9.17, 15) is 0 Å². The van der Waals surface area contributed by atoms with Crippen molar-refractivity contribution in [2.75, 3.05) is 0 Å². The molecule has 0 aliphatic carbocycles. The molecule has 0 unspecified atom stereocenters. The van der Waals surface area contributed by atoms with Crippen molar-refractivity contribution >= 4 is 0 Å². The fraction of sp³-hybridized carbons (Fsp3) is 0. The van der Waals surface area contributed by atoms with Gasteiger partial charge in [-0.05, 0) is 0 Å². The first-order chi connectivity index (χ1) is 7.43. The van der Waals surface area contributed by atoms with Gasteiger partial charge >= 0.3 is 0 Å². The maximum absolute atomic E-state index is 5.60. The van der Waals surface area contributed by atoms with Gasteiger partial charge in [-0.15, -0.1) is 5.10 Å². The van der Waals surface area contributed by atoms with E-state index in [0.717, 1.165) is 11.3 Å². The summed E-state index contributed by atoms with van der Waals surface area (Å²) in [5.74, 6) is 1.86. The third-order valence-electron chi connectivity index (χ3n) is 2.13. The van der Waals surface area contributed by atoms with Gasteiger partial charge in [0, 0.05) is 5.56 Å². The van der Waals surface area contributed by atoms with E-state index in [-0.39, 0.29) is 0 Å². The molecule has 0 N–H and O–H groups in total. The molecule has 4 heteroatoms. The zero-order valence-electron chi connectivity index (χ0n) is 7.79. The second-order valence-corrected chi connectivity index (χ2v) is 3.12. The van der Waals surface area contributed by atoms with Gasteiger partial charge in [-0.1, -0.05) is 30.3 Å². The van der Waals surface area contributed by atoms with E-state index in [1.54, 1.807) is 12.4 Å². The largest absolute Gasteiger partial charge is 0.449 e. The predicted molar refractivity (Wildman–Crippen MR) is 54.2 cm³/mol. The van der Waals surface area contributed by atoms with Crippen molar-refractivity contribution < 1.29 is 4.42 Å². The fourth-order valence-electron chi connectivity index (χ4n) is 1.40. The Morgan fingerprint density at radius 2 is 1.80 bits per heavy atom. The van der Waals surface area contributed by atoms with E-state index in [1.807, 2.05) is 30.3 Å². The van der Waals surface area contributed by atoms with Gasteiger partial charge in [-0.25, -0.2) is 4.98 Å². The van der Waals surface area contributed by atoms with Crippen LogP contribution in [0.25, 0.3) is 22.9 Å². The molecule has 2 heterocycles. The van der Waals surface area contributed by atoms with E-state index in [1.165, 1.54) is 0 Å². The van der Waals surface area contributed by atoms with Gasteiger partial charge in [0.05, 0.1) is 12.4 Å². The summed E-state index contributed by atoms with van der Waals surface area (Å²) in [5, 5.41) is 7.53. The van der Waals surface area contributed by atoms with Gasteiger partial charge in [0.15, 0.2) is 11.5 Å². The summed E-state index contributed by atoms with van der Waals surface area (Å²) in [6, 6.07) is 9.81. The quantitative estimate of drug-likeness (QED) is 0.600. The van der Waals surface area contributed by atoms with E-state index < -0.39 is 0 Å². The third kappa shape index (κ3) is 1.36. The zero-order valence-corrected chi connectivity index (χ0v) is 7.79. The maximum atomic E-state index is 5.60. The average molecular weight is 197 g/mol. The molecule has 0 spiro atoms. The Bertz CT molecular complexity index is 547. The number of nitrogens with zero attached hydrogens (tertiary/aromatic N) is 3. The minimum absolute atomic E-state index is 0.537. The smallest absolute Gasteiger partial charge is 0.219 e. The Kier molecular flexibility index (Phi) is 1.71. The molecule has 72 valence electrons. The van der Waals surface area contributed by atoms with Crippen LogP contribution < -0.4 is 0 Å². The molecule has 0 atom stereocenters. The van der Waals surface area contributed by atoms with Crippen LogP contribution in [0.1, 0.15) is 0 Å². The van der Waals surface area contributed by atoms with Crippen LogP contribution in [0.15, 0.2) is 47.1 Å². The van der Waals surface area contributed by atoms with Gasteiger partial charge in [0.2, 0.25) is 5.82 Å². The Hall–Kier alpha value is -2.23. The molecule has 1 aromatic rings. The second kappa shape index (κ2) is 3.16. The van der Waals surface area contributed by atoms with Crippen LogP contribution in [0, 0.1) is 0 Å². The summed E-state index contributed by atoms with van der Waals surface area (Å²) >= 11 is 0. The normalized spacial score (nSPS) is 10.7. The summed E-state index contributed by atoms with van der Waals surface area (Å²) in [6.07, 6.45) is 3.22. The van der Waals surface area contributed by atoms with Crippen LogP contribution in [-0.2, 0) is 0 Å². The van der Waals surface area contributed by atoms with Crippen molar-refractivity contribution in [3.05, 3.63) is 42.7 Å². The molecule has 2 aliphatic rings. The molecule has 0 aromatic heterocycles. The molecule has 0 amide bonds. The molecule has 15 heavy (non-hydrogen) atoms. The third-order valence-corrected chi connectivity index (χ3v) is 2.13. The number of hydrogen-bond donors (Lipinski definition) is 0. The minimum Gasteiger partial charge on any atom is -0.449 e. The number of fused-ring (bicyclic) bond motifs is 1. The van der Waals surface area contributed by atoms with Gasteiger partial charge in [-0.3, -0.25) is 0 Å². The van der Waals surface area contributed by atoms with Crippen LogP contribution in [0.3, 0.4) is 0 Å². The molecule has 0 saturated heterocycles. The van der Waals surface area contributed by atoms with Gasteiger partial charge in [0.1, 0.15) is 0 Å². The standard InChI is InChI=1S/C11H7N3O/c1-2-4-8(5-3-1)9-6-12-11-10(15-9)7-13-14-11/h1-7H. The van der Waals surface area contributed by atoms with Gasteiger partial charge in [0.25, 0.3) is 0 Å². The molecular weight excluding hydrogens is 190 g/mol. The number of hydrogen-bond acceptors (Lipinski definition) is 4. The Morgan fingerprint density at radius 1 is 0.933 bits per heavy atom. The first-order valence-corrected chi connectivity index (χ1v) is 4.56. The van der Waals surface area contributed by atoms with Gasteiger partial charge < -0.3 is 4.42 Å². The van der Waals surface area contributed by atoms with Crippen molar-refractivity contribution in [2.45, 2.75) is 0 Å². The lowest BCUT2D eigenvalue weighted by Gasteiger charge is -2.01. The number of benzene rings is 1. The molecule has 3 rings (SSSR count). The first-order valence-electron chi connectivity index (χ1n) is 4.56. The highest BCUT2D eigenvalue weighted by atomic mass is 16.3. The van der Waals surface area contributed by atoms with Crippen molar-refractivity contribution in [1.82, 2.24) is 15.2 Å². The number of rotatable bonds is 1. The average Bonchev–Trinajstić information content (AvgIpc) is 2.77. The highest BCUT2D eigenvalue weighted by Crippen LogP contribution is 2.24.